The summed E-state index contributed by atoms with van der Waals surface area (Å²) in [6.07, 6.45) is 0. The van der Waals surface area contributed by atoms with Crippen LogP contribution in [0.2, 0.25) is 0 Å². The zero-order chi connectivity index (χ0) is 12.7. The second kappa shape index (κ2) is 6.91. The van der Waals surface area contributed by atoms with Gasteiger partial charge < -0.3 is 15.4 Å². The monoisotopic (exact) mass is 236 g/mol. The van der Waals surface area contributed by atoms with Crippen molar-refractivity contribution in [2.75, 3.05) is 20.2 Å². The Kier molecular flexibility index (Phi) is 5.49. The highest BCUT2D eigenvalue weighted by Crippen LogP contribution is 2.11. The first kappa shape index (κ1) is 13.5. The number of benzene rings is 1. The first-order valence-electron chi connectivity index (χ1n) is 5.78. The quantitative estimate of drug-likeness (QED) is 0.727. The van der Waals surface area contributed by atoms with Crippen LogP contribution in [0.15, 0.2) is 24.3 Å². The molecule has 0 saturated carbocycles. The van der Waals surface area contributed by atoms with Crippen molar-refractivity contribution in [3.8, 4) is 5.75 Å². The van der Waals surface area contributed by atoms with E-state index in [1.807, 2.05) is 38.1 Å². The Morgan fingerprint density at radius 2 is 2.24 bits per heavy atom. The number of carbonyl (C=O) groups is 1. The summed E-state index contributed by atoms with van der Waals surface area (Å²) in [5.41, 5.74) is 1.18. The van der Waals surface area contributed by atoms with E-state index in [0.717, 1.165) is 5.75 Å². The van der Waals surface area contributed by atoms with Gasteiger partial charge in [-0.2, -0.15) is 0 Å². The van der Waals surface area contributed by atoms with Gasteiger partial charge in [0, 0.05) is 13.6 Å². The molecule has 1 unspecified atom stereocenters. The van der Waals surface area contributed by atoms with E-state index in [0.29, 0.717) is 13.2 Å². The molecule has 94 valence electrons. The molecular weight excluding hydrogens is 216 g/mol. The zero-order valence-electron chi connectivity index (χ0n) is 10.6. The number of hydrogen-bond acceptors (Lipinski definition) is 3. The van der Waals surface area contributed by atoms with Gasteiger partial charge in [0.1, 0.15) is 12.4 Å². The van der Waals surface area contributed by atoms with E-state index >= 15 is 0 Å². The second-order valence-corrected chi connectivity index (χ2v) is 3.96. The number of ether oxygens (including phenoxy) is 1. The topological polar surface area (TPSA) is 50.4 Å². The molecule has 0 radical (unpaired) electrons. The number of hydrogen-bond donors (Lipinski definition) is 2. The van der Waals surface area contributed by atoms with Crippen LogP contribution in [0.25, 0.3) is 0 Å². The molecule has 17 heavy (non-hydrogen) atoms. The Bertz CT molecular complexity index is 366. The van der Waals surface area contributed by atoms with Crippen molar-refractivity contribution in [2.24, 2.45) is 0 Å². The summed E-state index contributed by atoms with van der Waals surface area (Å²) >= 11 is 0. The lowest BCUT2D eigenvalue weighted by Crippen LogP contribution is -2.42. The van der Waals surface area contributed by atoms with Crippen molar-refractivity contribution in [3.63, 3.8) is 0 Å². The van der Waals surface area contributed by atoms with Crippen LogP contribution in [0, 0.1) is 6.92 Å². The summed E-state index contributed by atoms with van der Waals surface area (Å²) < 4.78 is 5.56. The Hall–Kier alpha value is -1.55. The molecule has 0 bridgehead atoms. The summed E-state index contributed by atoms with van der Waals surface area (Å²) in [4.78, 5) is 11.2. The summed E-state index contributed by atoms with van der Waals surface area (Å²) in [7, 11) is 1.63. The first-order chi connectivity index (χ1) is 8.13. The number of rotatable bonds is 6. The predicted molar refractivity (Wildman–Crippen MR) is 68.2 cm³/mol. The number of likely N-dealkylation sites (N-methyl/N-ethyl adjacent to an activating group) is 1. The molecule has 1 rings (SSSR count). The van der Waals surface area contributed by atoms with Gasteiger partial charge in [-0.3, -0.25) is 4.79 Å². The van der Waals surface area contributed by atoms with Crippen LogP contribution in [0.4, 0.5) is 0 Å². The van der Waals surface area contributed by atoms with Crippen molar-refractivity contribution in [3.05, 3.63) is 29.8 Å². The van der Waals surface area contributed by atoms with Crippen LogP contribution in [0.1, 0.15) is 12.5 Å². The summed E-state index contributed by atoms with van der Waals surface area (Å²) in [5, 5.41) is 5.67. The van der Waals surface area contributed by atoms with E-state index in [4.69, 9.17) is 4.74 Å². The minimum Gasteiger partial charge on any atom is -0.492 e. The minimum absolute atomic E-state index is 0.0134. The molecule has 0 heterocycles. The van der Waals surface area contributed by atoms with Crippen LogP contribution in [-0.4, -0.2) is 32.1 Å². The molecule has 0 aliphatic rings. The first-order valence-corrected chi connectivity index (χ1v) is 5.78. The molecule has 2 N–H and O–H groups in total. The predicted octanol–water partition coefficient (Wildman–Crippen LogP) is 1.10. The number of carbonyl (C=O) groups excluding carboxylic acids is 1. The fourth-order valence-electron chi connectivity index (χ4n) is 1.46. The van der Waals surface area contributed by atoms with Crippen molar-refractivity contribution in [1.29, 1.82) is 0 Å². The standard InChI is InChI=1S/C13H20N2O2/c1-10-5-4-6-12(9-10)17-8-7-15-11(2)13(16)14-3/h4-6,9,11,15H,7-8H2,1-3H3,(H,14,16). The highest BCUT2D eigenvalue weighted by atomic mass is 16.5. The SMILES string of the molecule is CNC(=O)C(C)NCCOc1cccc(C)c1. The third-order valence-corrected chi connectivity index (χ3v) is 2.45. The highest BCUT2D eigenvalue weighted by Gasteiger charge is 2.08. The lowest BCUT2D eigenvalue weighted by atomic mass is 10.2. The van der Waals surface area contributed by atoms with Crippen LogP contribution < -0.4 is 15.4 Å². The van der Waals surface area contributed by atoms with Crippen molar-refractivity contribution < 1.29 is 9.53 Å². The van der Waals surface area contributed by atoms with Gasteiger partial charge in [0.2, 0.25) is 5.91 Å². The molecule has 0 aliphatic heterocycles. The summed E-state index contributed by atoms with van der Waals surface area (Å²) in [5.74, 6) is 0.847. The maximum Gasteiger partial charge on any atom is 0.236 e. The molecule has 0 fully saturated rings. The molecule has 1 aromatic carbocycles. The Labute approximate surface area is 102 Å². The van der Waals surface area contributed by atoms with E-state index in [2.05, 4.69) is 10.6 Å². The van der Waals surface area contributed by atoms with Gasteiger partial charge in [-0.1, -0.05) is 12.1 Å². The molecule has 0 spiro atoms. The van der Waals surface area contributed by atoms with E-state index in [9.17, 15) is 4.79 Å². The molecule has 1 amide bonds. The van der Waals surface area contributed by atoms with Gasteiger partial charge in [-0.15, -0.1) is 0 Å². The molecule has 1 aromatic rings. The van der Waals surface area contributed by atoms with Gasteiger partial charge in [0.05, 0.1) is 6.04 Å². The van der Waals surface area contributed by atoms with Crippen LogP contribution in [0.5, 0.6) is 5.75 Å². The number of aryl methyl sites for hydroxylation is 1. The largest absolute Gasteiger partial charge is 0.492 e. The second-order valence-electron chi connectivity index (χ2n) is 3.96. The molecule has 0 aliphatic carbocycles. The third-order valence-electron chi connectivity index (χ3n) is 2.45. The zero-order valence-corrected chi connectivity index (χ0v) is 10.6. The van der Waals surface area contributed by atoms with E-state index in [1.54, 1.807) is 7.05 Å². The Morgan fingerprint density at radius 3 is 2.88 bits per heavy atom. The van der Waals surface area contributed by atoms with Crippen molar-refractivity contribution in [2.45, 2.75) is 19.9 Å². The highest BCUT2D eigenvalue weighted by molar-refractivity contribution is 5.80. The maximum absolute atomic E-state index is 11.2. The lowest BCUT2D eigenvalue weighted by Gasteiger charge is -2.12. The maximum atomic E-state index is 11.2. The summed E-state index contributed by atoms with van der Waals surface area (Å²) in [6, 6.07) is 7.71. The van der Waals surface area contributed by atoms with Gasteiger partial charge >= 0.3 is 0 Å². The number of amides is 1. The molecule has 4 nitrogen and oxygen atoms in total. The third kappa shape index (κ3) is 4.87. The Balaban J connectivity index is 2.22. The van der Waals surface area contributed by atoms with Crippen LogP contribution >= 0.6 is 0 Å². The van der Waals surface area contributed by atoms with Crippen molar-refractivity contribution in [1.82, 2.24) is 10.6 Å². The van der Waals surface area contributed by atoms with Gasteiger partial charge in [-0.05, 0) is 31.5 Å². The molecule has 4 heteroatoms. The van der Waals surface area contributed by atoms with Gasteiger partial charge in [-0.25, -0.2) is 0 Å². The van der Waals surface area contributed by atoms with E-state index < -0.39 is 0 Å². The summed E-state index contributed by atoms with van der Waals surface area (Å²) in [6.45, 7) is 5.04. The van der Waals surface area contributed by atoms with Crippen LogP contribution in [0.3, 0.4) is 0 Å². The fraction of sp³-hybridized carbons (Fsp3) is 0.462. The lowest BCUT2D eigenvalue weighted by molar-refractivity contribution is -0.122. The molecule has 0 saturated heterocycles. The minimum atomic E-state index is -0.193. The van der Waals surface area contributed by atoms with Gasteiger partial charge in [0.25, 0.3) is 0 Å². The molecular formula is C13H20N2O2. The van der Waals surface area contributed by atoms with Crippen LogP contribution in [-0.2, 0) is 4.79 Å². The fourth-order valence-corrected chi connectivity index (χ4v) is 1.46. The smallest absolute Gasteiger partial charge is 0.236 e. The molecule has 1 atom stereocenters. The van der Waals surface area contributed by atoms with E-state index in [-0.39, 0.29) is 11.9 Å². The molecule has 0 aromatic heterocycles. The number of nitrogens with one attached hydrogen (secondary N) is 2. The normalized spacial score (nSPS) is 11.9. The van der Waals surface area contributed by atoms with E-state index in [1.165, 1.54) is 5.56 Å². The van der Waals surface area contributed by atoms with Crippen molar-refractivity contribution >= 4 is 5.91 Å². The average Bonchev–Trinajstić information content (AvgIpc) is 2.33. The average molecular weight is 236 g/mol. The van der Waals surface area contributed by atoms with Gasteiger partial charge in [0.15, 0.2) is 0 Å². The Morgan fingerprint density at radius 1 is 1.47 bits per heavy atom.